The number of hydrogen-bond donors (Lipinski definition) is 2. The largest absolute Gasteiger partial charge is 0.354 e. The van der Waals surface area contributed by atoms with E-state index in [1.807, 2.05) is 0 Å². The molecule has 9 rings (SSSR count). The highest BCUT2D eigenvalue weighted by Crippen LogP contribution is 2.39. The van der Waals surface area contributed by atoms with Gasteiger partial charge in [0.1, 0.15) is 6.42 Å². The summed E-state index contributed by atoms with van der Waals surface area (Å²) < 4.78 is 0. The lowest BCUT2D eigenvalue weighted by Crippen LogP contribution is -2.10. The molecule has 0 saturated carbocycles. The van der Waals surface area contributed by atoms with Crippen molar-refractivity contribution in [2.24, 2.45) is 0 Å². The van der Waals surface area contributed by atoms with Crippen LogP contribution in [0.5, 0.6) is 0 Å². The van der Waals surface area contributed by atoms with Crippen molar-refractivity contribution in [3.63, 3.8) is 0 Å². The fraction of sp³-hybridized carbons (Fsp3) is 0.118. The summed E-state index contributed by atoms with van der Waals surface area (Å²) >= 11 is 0. The minimum atomic E-state index is 0.0399. The first-order valence-corrected chi connectivity index (χ1v) is 19.0. The van der Waals surface area contributed by atoms with Gasteiger partial charge in [0.2, 0.25) is 0 Å². The van der Waals surface area contributed by atoms with Crippen molar-refractivity contribution in [2.45, 2.75) is 39.5 Å². The molecular weight excluding hydrogens is 669 g/mol. The lowest BCUT2D eigenvalue weighted by atomic mass is 9.86. The van der Waals surface area contributed by atoms with Gasteiger partial charge < -0.3 is 9.97 Å². The van der Waals surface area contributed by atoms with Crippen LogP contribution in [0.15, 0.2) is 127 Å². The van der Waals surface area contributed by atoms with Gasteiger partial charge in [-0.05, 0) is 94.3 Å². The molecule has 5 heterocycles. The summed E-state index contributed by atoms with van der Waals surface area (Å²) in [5.41, 5.74) is 19.8. The van der Waals surface area contributed by atoms with E-state index in [1.165, 1.54) is 16.7 Å². The molecule has 266 valence electrons. The Hall–Kier alpha value is -6.65. The molecule has 55 heavy (non-hydrogen) atoms. The summed E-state index contributed by atoms with van der Waals surface area (Å²) in [5, 5.41) is 0. The number of benzene rings is 4. The van der Waals surface area contributed by atoms with Gasteiger partial charge in [-0.25, -0.2) is 9.97 Å². The number of aromatic nitrogens is 4. The smallest absolute Gasteiger partial charge is 0.110 e. The summed E-state index contributed by atoms with van der Waals surface area (Å²) in [5.74, 6) is 0. The predicted molar refractivity (Wildman–Crippen MR) is 233 cm³/mol. The molecule has 0 spiro atoms. The summed E-state index contributed by atoms with van der Waals surface area (Å²) in [4.78, 5) is 18.6. The van der Waals surface area contributed by atoms with E-state index in [4.69, 9.17) is 9.97 Å². The Balaban J connectivity index is 1.44. The van der Waals surface area contributed by atoms with Gasteiger partial charge in [-0.2, -0.15) is 0 Å². The van der Waals surface area contributed by atoms with Crippen LogP contribution < -0.4 is 0 Å². The van der Waals surface area contributed by atoms with Crippen molar-refractivity contribution in [2.75, 3.05) is 0 Å². The standard InChI is InChI=1S/C51H43N4/c1-6-33-14-18-36(19-15-33)49-43-27-25-40(53-43)47(34-10-8-7-9-11-34)39-24-26-41(52-39)48(35-16-12-32(2)13-17-35)42-28-30-45(54-42)50(46-31-29-44(49)55-46)37-20-22-38(23-21-37)51(3,4)5/h7-31,52,55H,1,6H2,2-5H3/q+1. The Bertz CT molecular complexity index is 2790. The molecule has 3 aromatic heterocycles. The first kappa shape index (κ1) is 34.1. The van der Waals surface area contributed by atoms with Crippen LogP contribution in [0.3, 0.4) is 0 Å². The van der Waals surface area contributed by atoms with Gasteiger partial charge >= 0.3 is 0 Å². The summed E-state index contributed by atoms with van der Waals surface area (Å²) in [6.45, 7) is 13.0. The zero-order valence-corrected chi connectivity index (χ0v) is 31.7. The highest BCUT2D eigenvalue weighted by atomic mass is 14.8. The van der Waals surface area contributed by atoms with Gasteiger partial charge in [-0.15, -0.1) is 0 Å². The molecule has 0 fully saturated rings. The van der Waals surface area contributed by atoms with Crippen molar-refractivity contribution >= 4 is 46.4 Å². The molecule has 8 bridgehead atoms. The maximum Gasteiger partial charge on any atom is 0.110 e. The van der Waals surface area contributed by atoms with Crippen molar-refractivity contribution in [1.82, 2.24) is 19.9 Å². The predicted octanol–water partition coefficient (Wildman–Crippen LogP) is 13.3. The molecule has 0 aliphatic carbocycles. The van der Waals surface area contributed by atoms with E-state index in [1.54, 1.807) is 0 Å². The van der Waals surface area contributed by atoms with Crippen LogP contribution in [0.1, 0.15) is 60.2 Å². The fourth-order valence-corrected chi connectivity index (χ4v) is 7.72. The topological polar surface area (TPSA) is 57.4 Å². The summed E-state index contributed by atoms with van der Waals surface area (Å²) in [7, 11) is 0. The van der Waals surface area contributed by atoms with Crippen molar-refractivity contribution in [1.29, 1.82) is 0 Å². The number of H-pyrrole nitrogens is 2. The Morgan fingerprint density at radius 3 is 1.20 bits per heavy atom. The van der Waals surface area contributed by atoms with Gasteiger partial charge in [-0.1, -0.05) is 129 Å². The molecule has 2 aliphatic heterocycles. The third-order valence-corrected chi connectivity index (χ3v) is 10.7. The van der Waals surface area contributed by atoms with E-state index in [-0.39, 0.29) is 5.41 Å². The second-order valence-corrected chi connectivity index (χ2v) is 15.5. The summed E-state index contributed by atoms with van der Waals surface area (Å²) in [6, 6.07) is 45.6. The van der Waals surface area contributed by atoms with Crippen LogP contribution in [0.4, 0.5) is 0 Å². The Morgan fingerprint density at radius 1 is 0.455 bits per heavy atom. The quantitative estimate of drug-likeness (QED) is 0.175. The third-order valence-electron chi connectivity index (χ3n) is 10.7. The maximum atomic E-state index is 5.46. The number of hydrogen-bond acceptors (Lipinski definition) is 2. The molecule has 4 heteroatoms. The molecule has 0 atom stereocenters. The minimum Gasteiger partial charge on any atom is -0.354 e. The van der Waals surface area contributed by atoms with Crippen molar-refractivity contribution in [3.05, 3.63) is 174 Å². The monoisotopic (exact) mass is 711 g/mol. The minimum absolute atomic E-state index is 0.0399. The molecule has 4 nitrogen and oxygen atoms in total. The van der Waals surface area contributed by atoms with E-state index in [0.29, 0.717) is 0 Å². The molecule has 0 radical (unpaired) electrons. The normalized spacial score (nSPS) is 12.4. The molecule has 0 saturated heterocycles. The Morgan fingerprint density at radius 2 is 0.818 bits per heavy atom. The zero-order chi connectivity index (χ0) is 37.7. The maximum absolute atomic E-state index is 5.46. The van der Waals surface area contributed by atoms with Crippen LogP contribution in [0, 0.1) is 13.8 Å². The SMILES string of the molecule is [CH2+]Cc1ccc(-c2c3nc(c(-c4ccccc4)c4ccc([nH]4)c(-c4ccc(C)cc4)c4nc(c(-c5ccc(C(C)(C)C)cc5)c5ccc2[nH]5)C=C4)C=C3)cc1. The molecule has 0 unspecified atom stereocenters. The highest BCUT2D eigenvalue weighted by molar-refractivity contribution is 5.99. The second-order valence-electron chi connectivity index (χ2n) is 15.5. The van der Waals surface area contributed by atoms with Crippen LogP contribution in [-0.4, -0.2) is 19.9 Å². The number of rotatable bonds is 5. The molecule has 2 aliphatic rings. The van der Waals surface area contributed by atoms with Gasteiger partial charge in [0.25, 0.3) is 0 Å². The van der Waals surface area contributed by atoms with E-state index < -0.39 is 0 Å². The first-order valence-electron chi connectivity index (χ1n) is 19.0. The Labute approximate surface area is 323 Å². The highest BCUT2D eigenvalue weighted by Gasteiger charge is 2.20. The molecular formula is C51H43N4+. The van der Waals surface area contributed by atoms with Crippen molar-refractivity contribution in [3.8, 4) is 44.5 Å². The molecule has 4 aromatic carbocycles. The average Bonchev–Trinajstić information content (AvgIpc) is 4.04. The van der Waals surface area contributed by atoms with Crippen molar-refractivity contribution < 1.29 is 0 Å². The molecule has 0 amide bonds. The van der Waals surface area contributed by atoms with Gasteiger partial charge in [0.05, 0.1) is 29.7 Å². The third kappa shape index (κ3) is 6.40. The second kappa shape index (κ2) is 13.6. The fourth-order valence-electron chi connectivity index (χ4n) is 7.72. The van der Waals surface area contributed by atoms with E-state index in [2.05, 4.69) is 196 Å². The van der Waals surface area contributed by atoms with Gasteiger partial charge in [-0.3, -0.25) is 0 Å². The number of aryl methyl sites for hydroxylation is 1. The van der Waals surface area contributed by atoms with E-state index in [0.717, 1.165) is 95.8 Å². The molecule has 2 N–H and O–H groups in total. The average molecular weight is 712 g/mol. The number of nitrogens with one attached hydrogen (secondary N) is 2. The molecule has 7 aromatic rings. The van der Waals surface area contributed by atoms with Crippen LogP contribution in [0.2, 0.25) is 0 Å². The van der Waals surface area contributed by atoms with Crippen LogP contribution in [-0.2, 0) is 11.8 Å². The van der Waals surface area contributed by atoms with E-state index in [9.17, 15) is 0 Å². The summed E-state index contributed by atoms with van der Waals surface area (Å²) in [6.07, 6.45) is 9.35. The van der Waals surface area contributed by atoms with Crippen LogP contribution >= 0.6 is 0 Å². The number of aromatic amines is 2. The Kier molecular flexibility index (Phi) is 8.47. The van der Waals surface area contributed by atoms with Crippen LogP contribution in [0.25, 0.3) is 90.9 Å². The first-order chi connectivity index (χ1) is 26.7. The lowest BCUT2D eigenvalue weighted by molar-refractivity contribution is 0.590. The van der Waals surface area contributed by atoms with Gasteiger partial charge in [0, 0.05) is 44.3 Å². The van der Waals surface area contributed by atoms with Gasteiger partial charge in [0.15, 0.2) is 0 Å². The zero-order valence-electron chi connectivity index (χ0n) is 31.7. The lowest BCUT2D eigenvalue weighted by Gasteiger charge is -2.19. The number of nitrogens with zero attached hydrogens (tertiary/aromatic N) is 2. The van der Waals surface area contributed by atoms with E-state index >= 15 is 0 Å². The number of fused-ring (bicyclic) bond motifs is 8.